The molecule has 3 rings (SSSR count). The van der Waals surface area contributed by atoms with Gasteiger partial charge in [0.25, 0.3) is 0 Å². The van der Waals surface area contributed by atoms with Crippen molar-refractivity contribution in [3.8, 4) is 12.1 Å². The maximum absolute atomic E-state index is 9.47. The molecule has 0 spiro atoms. The number of hydrogen-bond acceptors (Lipinski definition) is 3. The third-order valence-corrected chi connectivity index (χ3v) is 3.50. The Bertz CT molecular complexity index is 947. The second kappa shape index (κ2) is 5.55. The Morgan fingerprint density at radius 3 is 2.45 bits per heavy atom. The summed E-state index contributed by atoms with van der Waals surface area (Å²) in [5, 5.41) is 18.3. The molecule has 0 bridgehead atoms. The number of aromatic nitrogens is 2. The molecule has 1 heterocycles. The lowest BCUT2D eigenvalue weighted by Crippen LogP contribution is -1.96. The van der Waals surface area contributed by atoms with Gasteiger partial charge in [-0.05, 0) is 35.9 Å². The van der Waals surface area contributed by atoms with Crippen molar-refractivity contribution < 1.29 is 0 Å². The molecule has 0 unspecified atom stereocenters. The topological polar surface area (TPSA) is 65.4 Å². The Kier molecular flexibility index (Phi) is 3.43. The van der Waals surface area contributed by atoms with Crippen LogP contribution in [0.5, 0.6) is 0 Å². The molecule has 2 aromatic carbocycles. The Hall–Kier alpha value is -3.37. The molecule has 1 aromatic heterocycles. The monoisotopic (exact) mass is 284 g/mol. The van der Waals surface area contributed by atoms with E-state index in [2.05, 4.69) is 17.1 Å². The summed E-state index contributed by atoms with van der Waals surface area (Å²) in [7, 11) is 1.90. The van der Waals surface area contributed by atoms with Crippen molar-refractivity contribution in [2.75, 3.05) is 0 Å². The van der Waals surface area contributed by atoms with E-state index in [0.717, 1.165) is 16.6 Å². The van der Waals surface area contributed by atoms with Gasteiger partial charge in [-0.15, -0.1) is 0 Å². The van der Waals surface area contributed by atoms with Crippen LogP contribution in [0.1, 0.15) is 17.0 Å². The number of imidazole rings is 1. The van der Waals surface area contributed by atoms with Crippen LogP contribution in [0, 0.1) is 22.7 Å². The van der Waals surface area contributed by atoms with Crippen molar-refractivity contribution in [2.45, 2.75) is 0 Å². The first kappa shape index (κ1) is 13.6. The molecular weight excluding hydrogens is 272 g/mol. The van der Waals surface area contributed by atoms with E-state index in [-0.39, 0.29) is 0 Å². The minimum Gasteiger partial charge on any atom is -0.327 e. The molecule has 0 radical (unpaired) electrons. The predicted octanol–water partition coefficient (Wildman–Crippen LogP) is 3.51. The SMILES string of the molecule is Cn1c(C(C#N)=Cc2ccc(C#N)cc2)nc2ccccc21. The van der Waals surface area contributed by atoms with Gasteiger partial charge in [0.15, 0.2) is 5.82 Å². The molecule has 0 aliphatic carbocycles. The number of nitrogens with zero attached hydrogens (tertiary/aromatic N) is 4. The van der Waals surface area contributed by atoms with E-state index in [1.54, 1.807) is 18.2 Å². The van der Waals surface area contributed by atoms with E-state index in [9.17, 15) is 5.26 Å². The van der Waals surface area contributed by atoms with Crippen molar-refractivity contribution in [3.05, 3.63) is 65.5 Å². The number of hydrogen-bond donors (Lipinski definition) is 0. The molecular formula is C18H12N4. The first-order chi connectivity index (χ1) is 10.7. The Morgan fingerprint density at radius 1 is 1.09 bits per heavy atom. The van der Waals surface area contributed by atoms with Crippen LogP contribution in [0.2, 0.25) is 0 Å². The summed E-state index contributed by atoms with van der Waals surface area (Å²) in [4.78, 5) is 4.53. The maximum Gasteiger partial charge on any atom is 0.151 e. The van der Waals surface area contributed by atoms with Crippen LogP contribution in [0.15, 0.2) is 48.5 Å². The summed E-state index contributed by atoms with van der Waals surface area (Å²) >= 11 is 0. The van der Waals surface area contributed by atoms with Crippen molar-refractivity contribution in [2.24, 2.45) is 7.05 Å². The second-order valence-electron chi connectivity index (χ2n) is 4.89. The predicted molar refractivity (Wildman–Crippen MR) is 85.4 cm³/mol. The van der Waals surface area contributed by atoms with Gasteiger partial charge < -0.3 is 4.57 Å². The average molecular weight is 284 g/mol. The summed E-state index contributed by atoms with van der Waals surface area (Å²) in [6.45, 7) is 0. The molecule has 104 valence electrons. The second-order valence-corrected chi connectivity index (χ2v) is 4.89. The molecule has 0 N–H and O–H groups in total. The third-order valence-electron chi connectivity index (χ3n) is 3.50. The van der Waals surface area contributed by atoms with Crippen LogP contribution in [-0.4, -0.2) is 9.55 Å². The first-order valence-corrected chi connectivity index (χ1v) is 6.76. The summed E-state index contributed by atoms with van der Waals surface area (Å²) in [5.74, 6) is 0.632. The van der Waals surface area contributed by atoms with Gasteiger partial charge in [-0.25, -0.2) is 4.98 Å². The van der Waals surface area contributed by atoms with E-state index in [1.165, 1.54) is 0 Å². The highest BCUT2D eigenvalue weighted by Crippen LogP contribution is 2.22. The number of allylic oxidation sites excluding steroid dienone is 1. The zero-order valence-corrected chi connectivity index (χ0v) is 12.0. The lowest BCUT2D eigenvalue weighted by atomic mass is 10.1. The van der Waals surface area contributed by atoms with Crippen LogP contribution in [0.25, 0.3) is 22.7 Å². The van der Waals surface area contributed by atoms with Crippen LogP contribution in [0.3, 0.4) is 0 Å². The fourth-order valence-corrected chi connectivity index (χ4v) is 2.35. The number of benzene rings is 2. The number of fused-ring (bicyclic) bond motifs is 1. The van der Waals surface area contributed by atoms with Gasteiger partial charge in [0, 0.05) is 7.05 Å². The zero-order chi connectivity index (χ0) is 15.5. The molecule has 4 heteroatoms. The van der Waals surface area contributed by atoms with Gasteiger partial charge in [-0.1, -0.05) is 24.3 Å². The van der Waals surface area contributed by atoms with Gasteiger partial charge in [0.2, 0.25) is 0 Å². The highest BCUT2D eigenvalue weighted by Gasteiger charge is 2.11. The quantitative estimate of drug-likeness (QED) is 0.676. The van der Waals surface area contributed by atoms with Gasteiger partial charge in [0.05, 0.1) is 28.2 Å². The van der Waals surface area contributed by atoms with Gasteiger partial charge in [0.1, 0.15) is 6.07 Å². The fraction of sp³-hybridized carbons (Fsp3) is 0.0556. The highest BCUT2D eigenvalue weighted by molar-refractivity contribution is 5.90. The van der Waals surface area contributed by atoms with Crippen LogP contribution < -0.4 is 0 Å². The number of aryl methyl sites for hydroxylation is 1. The number of para-hydroxylation sites is 2. The van der Waals surface area contributed by atoms with E-state index >= 15 is 0 Å². The third kappa shape index (κ3) is 2.34. The van der Waals surface area contributed by atoms with Crippen LogP contribution >= 0.6 is 0 Å². The average Bonchev–Trinajstić information content (AvgIpc) is 2.90. The molecule has 0 aliphatic heterocycles. The minimum atomic E-state index is 0.489. The molecule has 0 saturated heterocycles. The first-order valence-electron chi connectivity index (χ1n) is 6.76. The summed E-state index contributed by atoms with van der Waals surface area (Å²) < 4.78 is 1.91. The fourth-order valence-electron chi connectivity index (χ4n) is 2.35. The van der Waals surface area contributed by atoms with Crippen molar-refractivity contribution in [3.63, 3.8) is 0 Å². The van der Waals surface area contributed by atoms with Crippen molar-refractivity contribution in [1.82, 2.24) is 9.55 Å². The van der Waals surface area contributed by atoms with Gasteiger partial charge in [-0.3, -0.25) is 0 Å². The van der Waals surface area contributed by atoms with Crippen molar-refractivity contribution in [1.29, 1.82) is 10.5 Å². The summed E-state index contributed by atoms with van der Waals surface area (Å²) in [6, 6.07) is 19.2. The van der Waals surface area contributed by atoms with E-state index in [1.807, 2.05) is 48.0 Å². The molecule has 0 saturated carbocycles. The smallest absolute Gasteiger partial charge is 0.151 e. The Labute approximate surface area is 128 Å². The molecule has 3 aromatic rings. The molecule has 4 nitrogen and oxygen atoms in total. The number of nitriles is 2. The highest BCUT2D eigenvalue weighted by atomic mass is 15.1. The lowest BCUT2D eigenvalue weighted by Gasteiger charge is -2.01. The minimum absolute atomic E-state index is 0.489. The Balaban J connectivity index is 2.09. The molecule has 0 amide bonds. The summed E-state index contributed by atoms with van der Waals surface area (Å²) in [5.41, 5.74) is 3.80. The summed E-state index contributed by atoms with van der Waals surface area (Å²) in [6.07, 6.45) is 1.78. The van der Waals surface area contributed by atoms with Crippen LogP contribution in [-0.2, 0) is 7.05 Å². The maximum atomic E-state index is 9.47. The Morgan fingerprint density at radius 2 is 1.82 bits per heavy atom. The normalized spacial score (nSPS) is 11.1. The molecule has 0 atom stereocenters. The zero-order valence-electron chi connectivity index (χ0n) is 12.0. The molecule has 0 aliphatic rings. The largest absolute Gasteiger partial charge is 0.327 e. The van der Waals surface area contributed by atoms with Crippen LogP contribution in [0.4, 0.5) is 0 Å². The van der Waals surface area contributed by atoms with E-state index in [4.69, 9.17) is 5.26 Å². The molecule has 0 fully saturated rings. The number of rotatable bonds is 2. The molecule has 22 heavy (non-hydrogen) atoms. The van der Waals surface area contributed by atoms with Gasteiger partial charge in [-0.2, -0.15) is 10.5 Å². The van der Waals surface area contributed by atoms with Gasteiger partial charge >= 0.3 is 0 Å². The lowest BCUT2D eigenvalue weighted by molar-refractivity contribution is 0.925. The van der Waals surface area contributed by atoms with E-state index < -0.39 is 0 Å². The van der Waals surface area contributed by atoms with E-state index in [0.29, 0.717) is 17.0 Å². The standard InChI is InChI=1S/C18H12N4/c1-22-17-5-3-2-4-16(17)21-18(22)15(12-20)10-13-6-8-14(11-19)9-7-13/h2-10H,1H3. The van der Waals surface area contributed by atoms with Crippen molar-refractivity contribution >= 4 is 22.7 Å².